The molecular weight excluding hydrogens is 267 g/mol. The maximum atomic E-state index is 11.5. The molecule has 0 aliphatic heterocycles. The molecule has 0 radical (unpaired) electrons. The minimum atomic E-state index is -0.0315. The van der Waals surface area contributed by atoms with Crippen LogP contribution in [0.1, 0.15) is 17.3 Å². The topological polar surface area (TPSA) is 26.3 Å². The number of carbonyl (C=O) groups excluding carboxylic acids is 1. The second-order valence-corrected chi connectivity index (χ2v) is 3.57. The Kier molecular flexibility index (Phi) is 4.42. The van der Waals surface area contributed by atoms with Crippen LogP contribution in [0.25, 0.3) is 0 Å². The quantitative estimate of drug-likeness (QED) is 0.623. The first-order chi connectivity index (χ1) is 6.70. The molecule has 1 rings (SSSR count). The van der Waals surface area contributed by atoms with Crippen LogP contribution >= 0.6 is 27.5 Å². The minimum Gasteiger partial charge on any atom is -0.492 e. The molecule has 0 aliphatic rings. The monoisotopic (exact) mass is 276 g/mol. The number of hydrogen-bond acceptors (Lipinski definition) is 2. The molecule has 14 heavy (non-hydrogen) atoms. The van der Waals surface area contributed by atoms with Crippen LogP contribution in [0.5, 0.6) is 5.75 Å². The van der Waals surface area contributed by atoms with Gasteiger partial charge in [-0.15, -0.1) is 0 Å². The summed E-state index contributed by atoms with van der Waals surface area (Å²) in [5, 5.41) is 0.742. The van der Waals surface area contributed by atoms with E-state index in [9.17, 15) is 4.79 Å². The van der Waals surface area contributed by atoms with Gasteiger partial charge in [0.25, 0.3) is 0 Å². The summed E-state index contributed by atoms with van der Waals surface area (Å²) < 4.78 is 5.32. The van der Waals surface area contributed by atoms with Crippen molar-refractivity contribution in [3.8, 4) is 5.75 Å². The molecule has 2 nitrogen and oxygen atoms in total. The van der Waals surface area contributed by atoms with E-state index in [1.165, 1.54) is 0 Å². The molecular formula is C10H10BrClO2. The minimum absolute atomic E-state index is 0.0315. The van der Waals surface area contributed by atoms with Crippen molar-refractivity contribution < 1.29 is 9.53 Å². The average molecular weight is 278 g/mol. The summed E-state index contributed by atoms with van der Waals surface area (Å²) in [6, 6.07) is 5.15. The molecule has 0 N–H and O–H groups in total. The number of ether oxygens (including phenoxy) is 1. The zero-order valence-corrected chi connectivity index (χ0v) is 10.1. The van der Waals surface area contributed by atoms with Crippen molar-refractivity contribution >= 4 is 33.3 Å². The van der Waals surface area contributed by atoms with E-state index in [2.05, 4.69) is 15.9 Å². The first kappa shape index (κ1) is 11.5. The molecule has 0 aliphatic carbocycles. The van der Waals surface area contributed by atoms with E-state index in [1.807, 2.05) is 6.92 Å². The van der Waals surface area contributed by atoms with Crippen molar-refractivity contribution in [1.29, 1.82) is 0 Å². The van der Waals surface area contributed by atoms with Crippen molar-refractivity contribution in [2.75, 3.05) is 11.9 Å². The van der Waals surface area contributed by atoms with Gasteiger partial charge < -0.3 is 4.74 Å². The van der Waals surface area contributed by atoms with Crippen LogP contribution in [0.4, 0.5) is 0 Å². The number of rotatable bonds is 4. The van der Waals surface area contributed by atoms with Gasteiger partial charge in [0.15, 0.2) is 5.78 Å². The molecule has 0 saturated heterocycles. The molecule has 0 bridgehead atoms. The van der Waals surface area contributed by atoms with Crippen LogP contribution in [0.3, 0.4) is 0 Å². The second kappa shape index (κ2) is 5.37. The number of halogens is 2. The van der Waals surface area contributed by atoms with Crippen molar-refractivity contribution in [2.24, 2.45) is 0 Å². The molecule has 0 amide bonds. The van der Waals surface area contributed by atoms with Crippen molar-refractivity contribution in [3.05, 3.63) is 28.8 Å². The highest BCUT2D eigenvalue weighted by Gasteiger charge is 2.13. The predicted octanol–water partition coefficient (Wildman–Crippen LogP) is 3.32. The van der Waals surface area contributed by atoms with Gasteiger partial charge in [-0.2, -0.15) is 0 Å². The van der Waals surface area contributed by atoms with Gasteiger partial charge in [0.1, 0.15) is 5.75 Å². The molecule has 1 aromatic carbocycles. The number of hydrogen-bond donors (Lipinski definition) is 0. The Balaban J connectivity index is 3.13. The fraction of sp³-hybridized carbons (Fsp3) is 0.300. The van der Waals surface area contributed by atoms with E-state index >= 15 is 0 Å². The zero-order valence-electron chi connectivity index (χ0n) is 7.72. The van der Waals surface area contributed by atoms with E-state index in [0.29, 0.717) is 22.9 Å². The number of benzene rings is 1. The summed E-state index contributed by atoms with van der Waals surface area (Å²) >= 11 is 9.03. The third kappa shape index (κ3) is 2.49. The van der Waals surface area contributed by atoms with Crippen LogP contribution < -0.4 is 4.74 Å². The SMILES string of the molecule is CCOc1c(Cl)cccc1C(=O)CBr. The zero-order chi connectivity index (χ0) is 10.6. The fourth-order valence-electron chi connectivity index (χ4n) is 1.09. The van der Waals surface area contributed by atoms with Gasteiger partial charge in [0.2, 0.25) is 0 Å². The van der Waals surface area contributed by atoms with Gasteiger partial charge in [-0.3, -0.25) is 4.79 Å². The van der Waals surface area contributed by atoms with Crippen LogP contribution in [0, 0.1) is 0 Å². The Bertz CT molecular complexity index is 339. The van der Waals surface area contributed by atoms with Crippen LogP contribution in [-0.2, 0) is 0 Å². The standard InChI is InChI=1S/C10H10BrClO2/c1-2-14-10-7(9(13)6-11)4-3-5-8(10)12/h3-5H,2,6H2,1H3. The van der Waals surface area contributed by atoms with Gasteiger partial charge in [0.05, 0.1) is 22.5 Å². The highest BCUT2D eigenvalue weighted by Crippen LogP contribution is 2.29. The Hall–Kier alpha value is -0.540. The van der Waals surface area contributed by atoms with Gasteiger partial charge in [0, 0.05) is 0 Å². The summed E-state index contributed by atoms with van der Waals surface area (Å²) in [6.45, 7) is 2.35. The largest absolute Gasteiger partial charge is 0.492 e. The van der Waals surface area contributed by atoms with E-state index < -0.39 is 0 Å². The van der Waals surface area contributed by atoms with Gasteiger partial charge >= 0.3 is 0 Å². The Labute approximate surface area is 96.3 Å². The lowest BCUT2D eigenvalue weighted by Gasteiger charge is -2.09. The van der Waals surface area contributed by atoms with Crippen LogP contribution in [-0.4, -0.2) is 17.7 Å². The van der Waals surface area contributed by atoms with Crippen molar-refractivity contribution in [1.82, 2.24) is 0 Å². The molecule has 0 aromatic heterocycles. The summed E-state index contributed by atoms with van der Waals surface area (Å²) in [4.78, 5) is 11.5. The van der Waals surface area contributed by atoms with E-state index in [-0.39, 0.29) is 11.1 Å². The third-order valence-electron chi connectivity index (χ3n) is 1.68. The molecule has 0 unspecified atom stereocenters. The lowest BCUT2D eigenvalue weighted by molar-refractivity contribution is 0.102. The number of carbonyl (C=O) groups is 1. The van der Waals surface area contributed by atoms with Crippen molar-refractivity contribution in [3.63, 3.8) is 0 Å². The first-order valence-electron chi connectivity index (χ1n) is 4.21. The van der Waals surface area contributed by atoms with Gasteiger partial charge in [-0.1, -0.05) is 33.6 Å². The van der Waals surface area contributed by atoms with Crippen molar-refractivity contribution in [2.45, 2.75) is 6.92 Å². The molecule has 76 valence electrons. The average Bonchev–Trinajstić information content (AvgIpc) is 2.20. The smallest absolute Gasteiger partial charge is 0.177 e. The molecule has 4 heteroatoms. The molecule has 0 spiro atoms. The Morgan fingerprint density at radius 3 is 2.86 bits per heavy atom. The molecule has 0 saturated carbocycles. The molecule has 0 fully saturated rings. The fourth-order valence-corrected chi connectivity index (χ4v) is 1.62. The lowest BCUT2D eigenvalue weighted by atomic mass is 10.1. The second-order valence-electron chi connectivity index (χ2n) is 2.61. The predicted molar refractivity (Wildman–Crippen MR) is 60.7 cm³/mol. The highest BCUT2D eigenvalue weighted by molar-refractivity contribution is 9.09. The number of Topliss-reactive ketones (excluding diaryl/α,β-unsaturated/α-hetero) is 1. The maximum Gasteiger partial charge on any atom is 0.177 e. The summed E-state index contributed by atoms with van der Waals surface area (Å²) in [7, 11) is 0. The van der Waals surface area contributed by atoms with Crippen LogP contribution in [0.15, 0.2) is 18.2 Å². The van der Waals surface area contributed by atoms with E-state index in [1.54, 1.807) is 18.2 Å². The highest BCUT2D eigenvalue weighted by atomic mass is 79.9. The number of para-hydroxylation sites is 1. The van der Waals surface area contributed by atoms with E-state index in [4.69, 9.17) is 16.3 Å². The van der Waals surface area contributed by atoms with E-state index in [0.717, 1.165) is 0 Å². The first-order valence-corrected chi connectivity index (χ1v) is 5.71. The van der Waals surface area contributed by atoms with Crippen LogP contribution in [0.2, 0.25) is 5.02 Å². The summed E-state index contributed by atoms with van der Waals surface area (Å²) in [5.41, 5.74) is 0.524. The summed E-state index contributed by atoms with van der Waals surface area (Å²) in [6.07, 6.45) is 0. The lowest BCUT2D eigenvalue weighted by Crippen LogP contribution is -2.05. The number of ketones is 1. The Morgan fingerprint density at radius 1 is 1.57 bits per heavy atom. The normalized spacial score (nSPS) is 9.93. The molecule has 0 atom stereocenters. The molecule has 0 heterocycles. The van der Waals surface area contributed by atoms with Gasteiger partial charge in [-0.05, 0) is 19.1 Å². The number of alkyl halides is 1. The Morgan fingerprint density at radius 2 is 2.29 bits per heavy atom. The third-order valence-corrected chi connectivity index (χ3v) is 2.48. The maximum absolute atomic E-state index is 11.5. The van der Waals surface area contributed by atoms with Gasteiger partial charge in [-0.25, -0.2) is 0 Å². The summed E-state index contributed by atoms with van der Waals surface area (Å²) in [5.74, 6) is 0.442. The molecule has 1 aromatic rings.